The van der Waals surface area contributed by atoms with Crippen molar-refractivity contribution >= 4 is 102 Å². The largest absolute Gasteiger partial charge is 0.508 e. The van der Waals surface area contributed by atoms with Gasteiger partial charge in [-0.2, -0.15) is 19.9 Å². The summed E-state index contributed by atoms with van der Waals surface area (Å²) in [6.07, 6.45) is 21.4. The third kappa shape index (κ3) is 15.0. The van der Waals surface area contributed by atoms with Crippen molar-refractivity contribution in [3.05, 3.63) is 140 Å². The molecular formula is C80H96N16O4. The first-order chi connectivity index (χ1) is 49.2. The van der Waals surface area contributed by atoms with Crippen LogP contribution in [-0.2, 0) is 4.74 Å². The van der Waals surface area contributed by atoms with E-state index in [4.69, 9.17) is 49.1 Å². The van der Waals surface area contributed by atoms with Crippen molar-refractivity contribution in [2.45, 2.75) is 116 Å². The van der Waals surface area contributed by atoms with Crippen molar-refractivity contribution < 1.29 is 19.3 Å². The van der Waals surface area contributed by atoms with Crippen LogP contribution in [0.3, 0.4) is 0 Å². The number of fused-ring (bicyclic) bond motifs is 4. The SMILES string of the molecule is CC(Nc1nc(N2CCCCC2)nc2ccccc12)C12CC3CC(CC(C3)C1)C2.COc1ccc(Nc2nc(N3CCCC3)nc3ccccc23)c(OC)c1.Oc1ccc(Nc2nc(N3CCOCC3)c3ccccc3n2)cc1.c1ccc2c(N3CCCCC3)nc(N3CCCC3)nc2c1. The molecule has 1 atom stereocenters. The van der Waals surface area contributed by atoms with E-state index in [0.717, 1.165) is 174 Å². The molecule has 4 aromatic heterocycles. The first-order valence-electron chi connectivity index (χ1n) is 36.9. The summed E-state index contributed by atoms with van der Waals surface area (Å²) < 4.78 is 16.2. The number of hydrogen-bond donors (Lipinski definition) is 4. The van der Waals surface area contributed by atoms with Crippen LogP contribution in [0.4, 0.5) is 58.4 Å². The summed E-state index contributed by atoms with van der Waals surface area (Å²) in [6, 6.07) is 46.1. The molecular weight excluding hydrogens is 1250 g/mol. The third-order valence-electron chi connectivity index (χ3n) is 21.9. The van der Waals surface area contributed by atoms with E-state index in [1.165, 1.54) is 114 Å². The molecule has 0 spiro atoms. The zero-order valence-electron chi connectivity index (χ0n) is 58.4. The van der Waals surface area contributed by atoms with E-state index in [0.29, 0.717) is 36.4 Å². The highest BCUT2D eigenvalue weighted by atomic mass is 16.5. The Labute approximate surface area is 587 Å². The van der Waals surface area contributed by atoms with Gasteiger partial charge in [0, 0.05) is 105 Å². The van der Waals surface area contributed by atoms with Gasteiger partial charge in [-0.25, -0.2) is 19.9 Å². The Hall–Kier alpha value is -9.56. The number of morpholine rings is 1. The average Bonchev–Trinajstić information content (AvgIpc) is 0.786. The number of ether oxygens (including phenoxy) is 3. The van der Waals surface area contributed by atoms with E-state index in [9.17, 15) is 5.11 Å². The van der Waals surface area contributed by atoms with E-state index < -0.39 is 0 Å². The molecule has 520 valence electrons. The zero-order chi connectivity index (χ0) is 67.8. The zero-order valence-corrected chi connectivity index (χ0v) is 58.4. The van der Waals surface area contributed by atoms with Crippen LogP contribution >= 0.6 is 0 Å². The summed E-state index contributed by atoms with van der Waals surface area (Å²) in [5, 5.41) is 24.4. The van der Waals surface area contributed by atoms with Gasteiger partial charge >= 0.3 is 0 Å². The predicted molar refractivity (Wildman–Crippen MR) is 404 cm³/mol. The number of phenols is 1. The van der Waals surface area contributed by atoms with Crippen LogP contribution in [0.2, 0.25) is 0 Å². The topological polar surface area (TPSA) is 203 Å². The van der Waals surface area contributed by atoms with Gasteiger partial charge in [0.25, 0.3) is 0 Å². The molecule has 4 N–H and O–H groups in total. The number of hydrogen-bond acceptors (Lipinski definition) is 20. The van der Waals surface area contributed by atoms with E-state index in [1.54, 1.807) is 38.5 Å². The summed E-state index contributed by atoms with van der Waals surface area (Å²) in [6.45, 7) is 14.1. The van der Waals surface area contributed by atoms with Crippen LogP contribution in [0.5, 0.6) is 17.2 Å². The molecule has 4 aliphatic carbocycles. The number of aromatic nitrogens is 8. The van der Waals surface area contributed by atoms with Gasteiger partial charge in [0.2, 0.25) is 23.8 Å². The molecule has 9 heterocycles. The van der Waals surface area contributed by atoms with E-state index in [-0.39, 0.29) is 5.75 Å². The number of anilines is 10. The molecule has 4 saturated carbocycles. The maximum absolute atomic E-state index is 9.40. The predicted octanol–water partition coefficient (Wildman–Crippen LogP) is 15.8. The smallest absolute Gasteiger partial charge is 0.229 e. The molecule has 100 heavy (non-hydrogen) atoms. The van der Waals surface area contributed by atoms with Gasteiger partial charge in [0.05, 0.1) is 55.2 Å². The molecule has 5 saturated heterocycles. The lowest BCUT2D eigenvalue weighted by atomic mass is 9.48. The molecule has 10 aromatic rings. The fraction of sp³-hybridized carbons (Fsp3) is 0.450. The maximum atomic E-state index is 9.40. The van der Waals surface area contributed by atoms with Crippen molar-refractivity contribution in [3.8, 4) is 17.2 Å². The lowest BCUT2D eigenvalue weighted by Crippen LogP contribution is -2.53. The summed E-state index contributed by atoms with van der Waals surface area (Å²) in [4.78, 5) is 50.3. The number of rotatable bonds is 14. The van der Waals surface area contributed by atoms with Crippen LogP contribution in [0.1, 0.15) is 110 Å². The van der Waals surface area contributed by atoms with Gasteiger partial charge in [0.1, 0.15) is 40.5 Å². The number of methoxy groups -OCH3 is 2. The standard InChI is InChI=1S/C25H34N4.C20H22N4O2.C18H18N4O2.C17H22N4/c1-17(25-14-18-11-19(15-25)13-20(12-18)16-25)26-23-21-7-3-4-8-22(21)27-24(28-23)29-9-5-2-6-10-29;1-25-14-9-10-17(18(13-14)26-2)21-19-15-7-3-4-8-16(15)22-20(23-19)24-11-5-6-12-24;23-14-7-5-13(6-8-14)19-18-20-16-4-2-1-3-15(16)17(21-18)22-9-11-24-12-10-22;1-4-10-20(11-5-1)16-14-8-2-3-9-15(14)18-17(19-16)21-12-6-7-13-21/h3-4,7-8,17-20H,2,5-6,9-16H2,1H3,(H,26,27,28);3-4,7-10,13H,5-6,11-12H2,1-2H3,(H,21,22,23);1-8,23H,9-12H2,(H,19,20,21);2-3,8-9H,1,4-7,10-13H2. The van der Waals surface area contributed by atoms with Crippen LogP contribution < -0.4 is 49.9 Å². The van der Waals surface area contributed by atoms with Crippen molar-refractivity contribution in [1.82, 2.24) is 39.9 Å². The quantitative estimate of drug-likeness (QED) is 0.0748. The van der Waals surface area contributed by atoms with Gasteiger partial charge in [-0.3, -0.25) is 0 Å². The maximum Gasteiger partial charge on any atom is 0.229 e. The van der Waals surface area contributed by atoms with Crippen molar-refractivity contribution in [3.63, 3.8) is 0 Å². The average molecular weight is 1350 g/mol. The van der Waals surface area contributed by atoms with Crippen LogP contribution in [0.15, 0.2) is 140 Å². The Morgan fingerprint density at radius 1 is 0.440 bits per heavy atom. The Balaban J connectivity index is 0.000000109. The number of aromatic hydroxyl groups is 1. The molecule has 5 aliphatic heterocycles. The lowest BCUT2D eigenvalue weighted by molar-refractivity contribution is -0.0602. The minimum atomic E-state index is 0.231. The number of benzene rings is 6. The lowest BCUT2D eigenvalue weighted by Gasteiger charge is -2.59. The summed E-state index contributed by atoms with van der Waals surface area (Å²) >= 11 is 0. The van der Waals surface area contributed by atoms with Gasteiger partial charge in [-0.05, 0) is 218 Å². The molecule has 6 aromatic carbocycles. The number of nitrogens with zero attached hydrogens (tertiary/aromatic N) is 13. The van der Waals surface area contributed by atoms with E-state index in [1.807, 2.05) is 66.7 Å². The van der Waals surface area contributed by atoms with E-state index in [2.05, 4.69) is 101 Å². The Morgan fingerprint density at radius 2 is 0.880 bits per heavy atom. The Kier molecular flexibility index (Phi) is 20.2. The van der Waals surface area contributed by atoms with Gasteiger partial charge in [0.15, 0.2) is 0 Å². The second-order valence-electron chi connectivity index (χ2n) is 28.6. The van der Waals surface area contributed by atoms with Crippen LogP contribution in [0, 0.1) is 23.2 Å². The highest BCUT2D eigenvalue weighted by Gasteiger charge is 2.53. The number of para-hydroxylation sites is 4. The highest BCUT2D eigenvalue weighted by Crippen LogP contribution is 2.61. The number of nitrogens with one attached hydrogen (secondary N) is 3. The van der Waals surface area contributed by atoms with E-state index >= 15 is 0 Å². The van der Waals surface area contributed by atoms with Crippen LogP contribution in [-0.4, -0.2) is 144 Å². The number of phenolic OH excluding ortho intramolecular Hbond substituents is 1. The normalized spacial score (nSPS) is 21.2. The molecule has 9 fully saturated rings. The second kappa shape index (κ2) is 30.5. The summed E-state index contributed by atoms with van der Waals surface area (Å²) in [7, 11) is 3.29. The summed E-state index contributed by atoms with van der Waals surface area (Å²) in [5.41, 5.74) is 6.12. The molecule has 0 radical (unpaired) electrons. The van der Waals surface area contributed by atoms with Crippen molar-refractivity contribution in [2.24, 2.45) is 23.2 Å². The van der Waals surface area contributed by atoms with Gasteiger partial charge in [-0.1, -0.05) is 48.5 Å². The van der Waals surface area contributed by atoms with Gasteiger partial charge in [-0.15, -0.1) is 0 Å². The molecule has 0 amide bonds. The van der Waals surface area contributed by atoms with Crippen molar-refractivity contribution in [1.29, 1.82) is 0 Å². The number of piperidine rings is 2. The third-order valence-corrected chi connectivity index (χ3v) is 21.9. The fourth-order valence-electron chi connectivity index (χ4n) is 17.0. The molecule has 1 unspecified atom stereocenters. The first kappa shape index (κ1) is 66.3. The Bertz CT molecular complexity index is 4380. The minimum absolute atomic E-state index is 0.231. The molecule has 20 heteroatoms. The minimum Gasteiger partial charge on any atom is -0.508 e. The second-order valence-corrected chi connectivity index (χ2v) is 28.6. The van der Waals surface area contributed by atoms with Gasteiger partial charge < -0.3 is 59.8 Å². The molecule has 19 rings (SSSR count). The molecule has 4 bridgehead atoms. The molecule has 20 nitrogen and oxygen atoms in total. The highest BCUT2D eigenvalue weighted by molar-refractivity contribution is 5.94. The fourth-order valence-corrected chi connectivity index (χ4v) is 17.0. The summed E-state index contributed by atoms with van der Waals surface area (Å²) in [5.74, 6) is 11.7. The molecule has 9 aliphatic rings. The first-order valence-corrected chi connectivity index (χ1v) is 36.9. The van der Waals surface area contributed by atoms with Crippen LogP contribution in [0.25, 0.3) is 43.6 Å². The monoisotopic (exact) mass is 1340 g/mol. The van der Waals surface area contributed by atoms with Crippen molar-refractivity contribution in [2.75, 3.05) is 133 Å². The Morgan fingerprint density at radius 3 is 1.41 bits per heavy atom.